The van der Waals surface area contributed by atoms with Crippen LogP contribution in [0.3, 0.4) is 0 Å². The highest BCUT2D eigenvalue weighted by molar-refractivity contribution is 7.14. The van der Waals surface area contributed by atoms with Gasteiger partial charge in [0.1, 0.15) is 0 Å². The maximum absolute atomic E-state index is 11.5. The number of nitrogens with zero attached hydrogens (tertiary/aromatic N) is 2. The summed E-state index contributed by atoms with van der Waals surface area (Å²) in [7, 11) is 0. The number of carbonyl (C=O) groups is 2. The van der Waals surface area contributed by atoms with E-state index in [0.29, 0.717) is 17.2 Å². The molecule has 0 saturated carbocycles. The van der Waals surface area contributed by atoms with Crippen LogP contribution in [0.1, 0.15) is 12.6 Å². The van der Waals surface area contributed by atoms with Gasteiger partial charge in [-0.25, -0.2) is 9.78 Å². The number of carbonyl (C=O) groups excluding carboxylic acids is 2. The molecule has 1 heterocycles. The standard InChI is InChI=1S/C10H9N3O3S/c1-2-16-9(15)7(3-4-11)8-5-17-10(13-8)12-6-14/h3,5-6H,2H2,1H3,(H,12,13,14)/b7-3+. The number of nitriles is 1. The summed E-state index contributed by atoms with van der Waals surface area (Å²) in [4.78, 5) is 25.7. The summed E-state index contributed by atoms with van der Waals surface area (Å²) in [5, 5.41) is 12.9. The van der Waals surface area contributed by atoms with E-state index in [0.717, 1.165) is 17.4 Å². The van der Waals surface area contributed by atoms with Crippen LogP contribution in [0.5, 0.6) is 0 Å². The van der Waals surface area contributed by atoms with Crippen LogP contribution in [0.2, 0.25) is 0 Å². The van der Waals surface area contributed by atoms with Gasteiger partial charge in [-0.05, 0) is 6.92 Å². The molecule has 88 valence electrons. The van der Waals surface area contributed by atoms with Crippen LogP contribution >= 0.6 is 11.3 Å². The summed E-state index contributed by atoms with van der Waals surface area (Å²) >= 11 is 1.15. The molecule has 0 fully saturated rings. The molecule has 0 aliphatic carbocycles. The molecule has 0 spiro atoms. The Labute approximate surface area is 102 Å². The average molecular weight is 251 g/mol. The number of ether oxygens (including phenoxy) is 1. The number of hydrogen-bond acceptors (Lipinski definition) is 6. The molecule has 1 rings (SSSR count). The first-order valence-electron chi connectivity index (χ1n) is 4.66. The monoisotopic (exact) mass is 251 g/mol. The Hall–Kier alpha value is -2.20. The van der Waals surface area contributed by atoms with Crippen LogP contribution < -0.4 is 5.32 Å². The highest BCUT2D eigenvalue weighted by Gasteiger charge is 2.16. The van der Waals surface area contributed by atoms with Gasteiger partial charge < -0.3 is 10.1 Å². The molecule has 1 aromatic heterocycles. The number of hydrogen-bond donors (Lipinski definition) is 1. The van der Waals surface area contributed by atoms with Crippen molar-refractivity contribution in [1.82, 2.24) is 4.98 Å². The van der Waals surface area contributed by atoms with Crippen molar-refractivity contribution in [3.63, 3.8) is 0 Å². The van der Waals surface area contributed by atoms with Gasteiger partial charge in [-0.2, -0.15) is 5.26 Å². The predicted molar refractivity (Wildman–Crippen MR) is 62.0 cm³/mol. The van der Waals surface area contributed by atoms with Crippen LogP contribution in [0.25, 0.3) is 5.57 Å². The van der Waals surface area contributed by atoms with Crippen LogP contribution in [0.15, 0.2) is 11.5 Å². The minimum atomic E-state index is -0.614. The molecule has 1 amide bonds. The Morgan fingerprint density at radius 2 is 2.53 bits per heavy atom. The van der Waals surface area contributed by atoms with Gasteiger partial charge in [0.2, 0.25) is 6.41 Å². The fraction of sp³-hybridized carbons (Fsp3) is 0.200. The van der Waals surface area contributed by atoms with Gasteiger partial charge in [0.25, 0.3) is 0 Å². The molecule has 0 aromatic carbocycles. The van der Waals surface area contributed by atoms with Crippen LogP contribution in [0.4, 0.5) is 5.13 Å². The summed E-state index contributed by atoms with van der Waals surface area (Å²) in [6, 6.07) is 1.76. The topological polar surface area (TPSA) is 92.1 Å². The Morgan fingerprint density at radius 1 is 1.76 bits per heavy atom. The van der Waals surface area contributed by atoms with E-state index in [9.17, 15) is 9.59 Å². The molecule has 0 saturated heterocycles. The van der Waals surface area contributed by atoms with Gasteiger partial charge in [-0.15, -0.1) is 11.3 Å². The van der Waals surface area contributed by atoms with Crippen molar-refractivity contribution >= 4 is 34.4 Å². The maximum atomic E-state index is 11.5. The normalized spacial score (nSPS) is 10.5. The second kappa shape index (κ2) is 6.40. The summed E-state index contributed by atoms with van der Waals surface area (Å²) in [6.07, 6.45) is 1.55. The summed E-state index contributed by atoms with van der Waals surface area (Å²) < 4.78 is 4.80. The third-order valence-electron chi connectivity index (χ3n) is 1.67. The molecular weight excluding hydrogens is 242 g/mol. The first-order valence-corrected chi connectivity index (χ1v) is 5.53. The van der Waals surface area contributed by atoms with Crippen LogP contribution in [-0.2, 0) is 14.3 Å². The first-order chi connectivity index (χ1) is 8.22. The molecule has 0 aliphatic rings. The number of allylic oxidation sites excluding steroid dienone is 1. The summed E-state index contributed by atoms with van der Waals surface area (Å²) in [6.45, 7) is 1.88. The number of nitrogens with one attached hydrogen (secondary N) is 1. The van der Waals surface area contributed by atoms with Crippen molar-refractivity contribution in [3.8, 4) is 6.07 Å². The molecule has 6 nitrogen and oxygen atoms in total. The van der Waals surface area contributed by atoms with Crippen molar-refractivity contribution < 1.29 is 14.3 Å². The number of thiazole rings is 1. The van der Waals surface area contributed by atoms with Crippen molar-refractivity contribution in [2.24, 2.45) is 0 Å². The van der Waals surface area contributed by atoms with Gasteiger partial charge in [-0.3, -0.25) is 4.79 Å². The van der Waals surface area contributed by atoms with Crippen LogP contribution in [-0.4, -0.2) is 24.0 Å². The zero-order valence-electron chi connectivity index (χ0n) is 8.97. The molecule has 0 bridgehead atoms. The molecule has 0 aliphatic heterocycles. The van der Waals surface area contributed by atoms with Gasteiger partial charge in [0, 0.05) is 11.5 Å². The smallest absolute Gasteiger partial charge is 0.341 e. The quantitative estimate of drug-likeness (QED) is 0.367. The first kappa shape index (κ1) is 12.9. The second-order valence-corrected chi connectivity index (χ2v) is 3.57. The number of anilines is 1. The third-order valence-corrected chi connectivity index (χ3v) is 2.44. The van der Waals surface area contributed by atoms with E-state index in [-0.39, 0.29) is 12.2 Å². The lowest BCUT2D eigenvalue weighted by Crippen LogP contribution is -2.07. The molecule has 0 atom stereocenters. The van der Waals surface area contributed by atoms with Crippen molar-refractivity contribution in [3.05, 3.63) is 17.2 Å². The molecular formula is C10H9N3O3S. The SMILES string of the molecule is CCOC(=O)/C(=C/C#N)c1csc(NC=O)n1. The van der Waals surface area contributed by atoms with Crippen molar-refractivity contribution in [1.29, 1.82) is 5.26 Å². The fourth-order valence-corrected chi connectivity index (χ4v) is 1.70. The lowest BCUT2D eigenvalue weighted by atomic mass is 10.2. The van der Waals surface area contributed by atoms with Gasteiger partial charge in [0.15, 0.2) is 5.13 Å². The van der Waals surface area contributed by atoms with E-state index in [4.69, 9.17) is 10.00 Å². The molecule has 1 aromatic rings. The van der Waals surface area contributed by atoms with E-state index < -0.39 is 5.97 Å². The average Bonchev–Trinajstić information content (AvgIpc) is 2.75. The van der Waals surface area contributed by atoms with Crippen molar-refractivity contribution in [2.45, 2.75) is 6.92 Å². The van der Waals surface area contributed by atoms with E-state index in [2.05, 4.69) is 10.3 Å². The van der Waals surface area contributed by atoms with Gasteiger partial charge in [0.05, 0.1) is 23.9 Å². The zero-order chi connectivity index (χ0) is 12.7. The molecule has 0 unspecified atom stereocenters. The summed E-state index contributed by atoms with van der Waals surface area (Å²) in [5.74, 6) is -0.614. The lowest BCUT2D eigenvalue weighted by Gasteiger charge is -2.02. The van der Waals surface area contributed by atoms with Crippen LogP contribution in [0, 0.1) is 11.3 Å². The minimum absolute atomic E-state index is 0.0737. The maximum Gasteiger partial charge on any atom is 0.341 e. The Morgan fingerprint density at radius 3 is 3.12 bits per heavy atom. The Kier molecular flexibility index (Phi) is 4.84. The van der Waals surface area contributed by atoms with E-state index in [1.807, 2.05) is 0 Å². The number of amides is 1. The van der Waals surface area contributed by atoms with E-state index in [1.165, 1.54) is 0 Å². The number of aromatic nitrogens is 1. The highest BCUT2D eigenvalue weighted by Crippen LogP contribution is 2.22. The van der Waals surface area contributed by atoms with Crippen molar-refractivity contribution in [2.75, 3.05) is 11.9 Å². The minimum Gasteiger partial charge on any atom is -0.462 e. The van der Waals surface area contributed by atoms with Gasteiger partial charge >= 0.3 is 5.97 Å². The third kappa shape index (κ3) is 3.39. The molecule has 0 radical (unpaired) electrons. The summed E-state index contributed by atoms with van der Waals surface area (Å²) in [5.41, 5.74) is 0.379. The molecule has 1 N–H and O–H groups in total. The Bertz CT molecular complexity index is 487. The van der Waals surface area contributed by atoms with Gasteiger partial charge in [-0.1, -0.05) is 0 Å². The van der Waals surface area contributed by atoms with E-state index >= 15 is 0 Å². The molecule has 17 heavy (non-hydrogen) atoms. The fourth-order valence-electron chi connectivity index (χ4n) is 1.02. The lowest BCUT2D eigenvalue weighted by molar-refractivity contribution is -0.136. The second-order valence-electron chi connectivity index (χ2n) is 2.71. The Balaban J connectivity index is 2.98. The largest absolute Gasteiger partial charge is 0.462 e. The number of esters is 1. The predicted octanol–water partition coefficient (Wildman–Crippen LogP) is 1.18. The number of rotatable bonds is 5. The molecule has 7 heteroatoms. The zero-order valence-corrected chi connectivity index (χ0v) is 9.78. The van der Waals surface area contributed by atoms with E-state index in [1.54, 1.807) is 18.4 Å². The highest BCUT2D eigenvalue weighted by atomic mass is 32.1.